The van der Waals surface area contributed by atoms with Crippen molar-refractivity contribution in [2.45, 2.75) is 38.2 Å². The normalized spacial score (nSPS) is 28.6. The highest BCUT2D eigenvalue weighted by atomic mass is 16.5. The van der Waals surface area contributed by atoms with Crippen molar-refractivity contribution >= 4 is 0 Å². The van der Waals surface area contributed by atoms with Crippen molar-refractivity contribution in [3.63, 3.8) is 0 Å². The highest BCUT2D eigenvalue weighted by Gasteiger charge is 2.39. The lowest BCUT2D eigenvalue weighted by atomic mass is 9.90. The van der Waals surface area contributed by atoms with Crippen LogP contribution in [0.4, 0.5) is 0 Å². The molecule has 2 heterocycles. The van der Waals surface area contributed by atoms with Crippen molar-refractivity contribution < 1.29 is 4.74 Å². The number of benzene rings is 1. The first-order valence-electron chi connectivity index (χ1n) is 6.27. The van der Waals surface area contributed by atoms with E-state index in [1.54, 1.807) is 0 Å². The third kappa shape index (κ3) is 1.71. The van der Waals surface area contributed by atoms with E-state index in [9.17, 15) is 0 Å². The summed E-state index contributed by atoms with van der Waals surface area (Å²) in [7, 11) is 0. The van der Waals surface area contributed by atoms with Gasteiger partial charge in [-0.15, -0.1) is 0 Å². The van der Waals surface area contributed by atoms with Gasteiger partial charge in [0, 0.05) is 6.42 Å². The Balaban J connectivity index is 1.87. The van der Waals surface area contributed by atoms with E-state index in [4.69, 9.17) is 4.74 Å². The summed E-state index contributed by atoms with van der Waals surface area (Å²) >= 11 is 0. The summed E-state index contributed by atoms with van der Waals surface area (Å²) in [6, 6.07) is 6.61. The fraction of sp³-hybridized carbons (Fsp3) is 0.571. The molecule has 86 valence electrons. The Bertz CT molecular complexity index is 392. The molecule has 1 atom stereocenters. The molecule has 0 aromatic heterocycles. The fourth-order valence-electron chi connectivity index (χ4n) is 2.90. The Morgan fingerprint density at radius 1 is 1.25 bits per heavy atom. The molecule has 0 saturated carbocycles. The third-order valence-electron chi connectivity index (χ3n) is 3.81. The third-order valence-corrected chi connectivity index (χ3v) is 3.81. The molecule has 1 aromatic rings. The molecule has 1 unspecified atom stereocenters. The highest BCUT2D eigenvalue weighted by molar-refractivity contribution is 5.42. The predicted molar refractivity (Wildman–Crippen MR) is 65.0 cm³/mol. The number of hydrogen-bond donors (Lipinski definition) is 1. The molecule has 2 heteroatoms. The van der Waals surface area contributed by atoms with Gasteiger partial charge in [-0.1, -0.05) is 12.1 Å². The lowest BCUT2D eigenvalue weighted by Crippen LogP contribution is -2.35. The summed E-state index contributed by atoms with van der Waals surface area (Å²) in [5.41, 5.74) is 2.79. The number of ether oxygens (including phenoxy) is 1. The van der Waals surface area contributed by atoms with Gasteiger partial charge in [0.15, 0.2) is 0 Å². The van der Waals surface area contributed by atoms with Crippen molar-refractivity contribution in [1.29, 1.82) is 0 Å². The average Bonchev–Trinajstić information content (AvgIpc) is 2.44. The molecule has 2 nitrogen and oxygen atoms in total. The second kappa shape index (κ2) is 3.77. The largest absolute Gasteiger partial charge is 0.487 e. The van der Waals surface area contributed by atoms with Crippen molar-refractivity contribution in [3.8, 4) is 5.75 Å². The molecule has 0 aliphatic carbocycles. The van der Waals surface area contributed by atoms with Gasteiger partial charge in [-0.3, -0.25) is 0 Å². The van der Waals surface area contributed by atoms with Crippen LogP contribution < -0.4 is 10.1 Å². The van der Waals surface area contributed by atoms with Gasteiger partial charge >= 0.3 is 0 Å². The van der Waals surface area contributed by atoms with Crippen molar-refractivity contribution in [1.82, 2.24) is 5.32 Å². The van der Waals surface area contributed by atoms with Crippen LogP contribution in [0.25, 0.3) is 0 Å². The second-order valence-electron chi connectivity index (χ2n) is 5.18. The van der Waals surface area contributed by atoms with Crippen LogP contribution in [-0.4, -0.2) is 18.7 Å². The van der Waals surface area contributed by atoms with Gasteiger partial charge in [0.2, 0.25) is 0 Å². The van der Waals surface area contributed by atoms with Gasteiger partial charge in [-0.05, 0) is 56.5 Å². The van der Waals surface area contributed by atoms with Crippen LogP contribution in [0.5, 0.6) is 5.75 Å². The summed E-state index contributed by atoms with van der Waals surface area (Å²) in [6.07, 6.45) is 4.66. The molecular weight excluding hydrogens is 198 g/mol. The fourth-order valence-corrected chi connectivity index (χ4v) is 2.90. The Kier molecular flexibility index (Phi) is 2.40. The molecule has 2 aliphatic heterocycles. The first-order chi connectivity index (χ1) is 7.77. The molecule has 0 bridgehead atoms. The van der Waals surface area contributed by atoms with Crippen LogP contribution in [0.15, 0.2) is 18.2 Å². The number of fused-ring (bicyclic) bond motifs is 1. The van der Waals surface area contributed by atoms with E-state index in [0.717, 1.165) is 31.7 Å². The summed E-state index contributed by atoms with van der Waals surface area (Å²) in [5, 5.41) is 3.46. The molecule has 2 aliphatic rings. The zero-order valence-corrected chi connectivity index (χ0v) is 9.88. The van der Waals surface area contributed by atoms with E-state index in [-0.39, 0.29) is 5.60 Å². The van der Waals surface area contributed by atoms with Gasteiger partial charge in [-0.2, -0.15) is 0 Å². The first-order valence-corrected chi connectivity index (χ1v) is 6.27. The molecule has 16 heavy (non-hydrogen) atoms. The maximum absolute atomic E-state index is 6.26. The predicted octanol–water partition coefficient (Wildman–Crippen LogP) is 2.44. The summed E-state index contributed by atoms with van der Waals surface area (Å²) < 4.78 is 6.26. The molecular formula is C14H19NO. The van der Waals surface area contributed by atoms with Crippen molar-refractivity contribution in [3.05, 3.63) is 29.3 Å². The van der Waals surface area contributed by atoms with Crippen LogP contribution in [0, 0.1) is 6.92 Å². The number of nitrogens with one attached hydrogen (secondary N) is 1. The van der Waals surface area contributed by atoms with Gasteiger partial charge < -0.3 is 10.1 Å². The molecule has 3 rings (SSSR count). The minimum absolute atomic E-state index is 0.0969. The zero-order chi connectivity index (χ0) is 11.0. The minimum Gasteiger partial charge on any atom is -0.487 e. The van der Waals surface area contributed by atoms with E-state index >= 15 is 0 Å². The van der Waals surface area contributed by atoms with E-state index in [1.165, 1.54) is 24.0 Å². The maximum atomic E-state index is 6.26. The summed E-state index contributed by atoms with van der Waals surface area (Å²) in [5.74, 6) is 1.13. The van der Waals surface area contributed by atoms with Gasteiger partial charge in [0.05, 0.1) is 0 Å². The topological polar surface area (TPSA) is 21.3 Å². The molecule has 0 amide bonds. The van der Waals surface area contributed by atoms with E-state index in [0.29, 0.717) is 0 Å². The van der Waals surface area contributed by atoms with E-state index in [2.05, 4.69) is 30.4 Å². The summed E-state index contributed by atoms with van der Waals surface area (Å²) in [4.78, 5) is 0. The molecule has 1 spiro atoms. The molecule has 1 fully saturated rings. The average molecular weight is 217 g/mol. The van der Waals surface area contributed by atoms with Crippen molar-refractivity contribution in [2.75, 3.05) is 13.1 Å². The van der Waals surface area contributed by atoms with Crippen LogP contribution in [0.3, 0.4) is 0 Å². The molecule has 1 N–H and O–H groups in total. The zero-order valence-electron chi connectivity index (χ0n) is 9.88. The SMILES string of the molecule is Cc1ccc2c(c1)OC1(CCCNCC1)C2. The Morgan fingerprint density at radius 2 is 2.19 bits per heavy atom. The minimum atomic E-state index is 0.0969. The highest BCUT2D eigenvalue weighted by Crippen LogP contribution is 2.40. The quantitative estimate of drug-likeness (QED) is 0.720. The lowest BCUT2D eigenvalue weighted by molar-refractivity contribution is 0.0809. The van der Waals surface area contributed by atoms with E-state index < -0.39 is 0 Å². The van der Waals surface area contributed by atoms with Crippen LogP contribution in [0.2, 0.25) is 0 Å². The second-order valence-corrected chi connectivity index (χ2v) is 5.18. The van der Waals surface area contributed by atoms with E-state index in [1.807, 2.05) is 0 Å². The van der Waals surface area contributed by atoms with Gasteiger partial charge in [0.25, 0.3) is 0 Å². The standard InChI is InChI=1S/C14H19NO/c1-11-3-4-12-10-14(16-13(12)9-11)5-2-7-15-8-6-14/h3-4,9,15H,2,5-8,10H2,1H3. The molecule has 0 radical (unpaired) electrons. The molecule has 1 saturated heterocycles. The lowest BCUT2D eigenvalue weighted by Gasteiger charge is -2.26. The number of hydrogen-bond acceptors (Lipinski definition) is 2. The smallest absolute Gasteiger partial charge is 0.123 e. The van der Waals surface area contributed by atoms with Crippen LogP contribution in [-0.2, 0) is 6.42 Å². The molecule has 1 aromatic carbocycles. The summed E-state index contributed by atoms with van der Waals surface area (Å²) in [6.45, 7) is 4.36. The maximum Gasteiger partial charge on any atom is 0.123 e. The van der Waals surface area contributed by atoms with Crippen LogP contribution in [0.1, 0.15) is 30.4 Å². The first kappa shape index (κ1) is 10.2. The van der Waals surface area contributed by atoms with Crippen molar-refractivity contribution in [2.24, 2.45) is 0 Å². The van der Waals surface area contributed by atoms with Crippen LogP contribution >= 0.6 is 0 Å². The Hall–Kier alpha value is -1.02. The van der Waals surface area contributed by atoms with Gasteiger partial charge in [0.1, 0.15) is 11.4 Å². The number of aryl methyl sites for hydroxylation is 1. The monoisotopic (exact) mass is 217 g/mol. The van der Waals surface area contributed by atoms with Gasteiger partial charge in [-0.25, -0.2) is 0 Å². The number of rotatable bonds is 0. The Morgan fingerprint density at radius 3 is 3.12 bits per heavy atom. The Labute approximate surface area is 97.0 Å².